The Balaban J connectivity index is 2.26. The summed E-state index contributed by atoms with van der Waals surface area (Å²) >= 11 is 0. The van der Waals surface area contributed by atoms with E-state index in [9.17, 15) is 0 Å². The zero-order chi connectivity index (χ0) is 13.9. The van der Waals surface area contributed by atoms with Gasteiger partial charge in [0.25, 0.3) is 6.73 Å². The number of aryl methyl sites for hydroxylation is 2. The number of pyridine rings is 1. The molecule has 108 valence electrons. The molecule has 0 aliphatic rings. The standard InChI is InChI=1S/C17H30NO/c1-4-7-8-9-10-13-19-15-18-12-11-16(5-2)17(6-3)14-18/h11-12,14H,4-10,13,15H2,1-3H3/q+1. The minimum absolute atomic E-state index is 0.685. The Bertz CT molecular complexity index is 349. The number of unbranched alkanes of at least 4 members (excludes halogenated alkanes) is 4. The summed E-state index contributed by atoms with van der Waals surface area (Å²) < 4.78 is 7.89. The highest BCUT2D eigenvalue weighted by Gasteiger charge is 2.06. The van der Waals surface area contributed by atoms with Crippen LogP contribution in [0, 0.1) is 0 Å². The van der Waals surface area contributed by atoms with Crippen LogP contribution in [-0.2, 0) is 24.3 Å². The van der Waals surface area contributed by atoms with Crippen LogP contribution in [0.25, 0.3) is 0 Å². The maximum atomic E-state index is 5.74. The third kappa shape index (κ3) is 6.20. The molecule has 19 heavy (non-hydrogen) atoms. The molecule has 0 saturated heterocycles. The van der Waals surface area contributed by atoms with Gasteiger partial charge in [-0.25, -0.2) is 0 Å². The molecule has 1 heterocycles. The SMILES string of the molecule is CCCCCCCOC[n+]1ccc(CC)c(CC)c1. The second-order valence-corrected chi connectivity index (χ2v) is 5.17. The van der Waals surface area contributed by atoms with E-state index in [1.165, 1.54) is 43.2 Å². The van der Waals surface area contributed by atoms with Gasteiger partial charge in [0.1, 0.15) is 0 Å². The topological polar surface area (TPSA) is 13.1 Å². The summed E-state index contributed by atoms with van der Waals surface area (Å²) in [7, 11) is 0. The number of nitrogens with zero attached hydrogens (tertiary/aromatic N) is 1. The molecule has 0 atom stereocenters. The first-order chi connectivity index (χ1) is 9.31. The Hall–Kier alpha value is -0.890. The summed E-state index contributed by atoms with van der Waals surface area (Å²) in [5, 5.41) is 0. The van der Waals surface area contributed by atoms with Gasteiger partial charge in [-0.2, -0.15) is 4.57 Å². The van der Waals surface area contributed by atoms with Gasteiger partial charge in [-0.15, -0.1) is 0 Å². The Labute approximate surface area is 118 Å². The molecule has 1 rings (SSSR count). The van der Waals surface area contributed by atoms with Crippen molar-refractivity contribution in [3.63, 3.8) is 0 Å². The molecule has 1 aromatic heterocycles. The number of hydrogen-bond donors (Lipinski definition) is 0. The quantitative estimate of drug-likeness (QED) is 0.459. The fourth-order valence-electron chi connectivity index (χ4n) is 2.34. The maximum absolute atomic E-state index is 5.74. The molecule has 2 nitrogen and oxygen atoms in total. The Morgan fingerprint density at radius 2 is 1.68 bits per heavy atom. The van der Waals surface area contributed by atoms with E-state index in [1.54, 1.807) is 0 Å². The van der Waals surface area contributed by atoms with Gasteiger partial charge in [-0.3, -0.25) is 0 Å². The van der Waals surface area contributed by atoms with Crippen LogP contribution in [0.5, 0.6) is 0 Å². The van der Waals surface area contributed by atoms with Gasteiger partial charge in [0, 0.05) is 11.6 Å². The van der Waals surface area contributed by atoms with Crippen LogP contribution >= 0.6 is 0 Å². The molecule has 0 unspecified atom stereocenters. The molecule has 0 saturated carbocycles. The summed E-state index contributed by atoms with van der Waals surface area (Å²) in [5.41, 5.74) is 2.90. The van der Waals surface area contributed by atoms with Crippen LogP contribution in [-0.4, -0.2) is 6.61 Å². The van der Waals surface area contributed by atoms with Gasteiger partial charge >= 0.3 is 0 Å². The number of rotatable bonds is 10. The third-order valence-corrected chi connectivity index (χ3v) is 3.60. The molecule has 0 aliphatic carbocycles. The van der Waals surface area contributed by atoms with E-state index in [0.717, 1.165) is 19.4 Å². The lowest BCUT2D eigenvalue weighted by atomic mass is 10.1. The molecule has 0 N–H and O–H groups in total. The molecule has 0 bridgehead atoms. The lowest BCUT2D eigenvalue weighted by Crippen LogP contribution is -2.35. The van der Waals surface area contributed by atoms with E-state index in [-0.39, 0.29) is 0 Å². The van der Waals surface area contributed by atoms with E-state index < -0.39 is 0 Å². The summed E-state index contributed by atoms with van der Waals surface area (Å²) in [5.74, 6) is 0. The molecule has 0 fully saturated rings. The molecule has 0 aromatic carbocycles. The highest BCUT2D eigenvalue weighted by atomic mass is 16.5. The zero-order valence-electron chi connectivity index (χ0n) is 13.0. The van der Waals surface area contributed by atoms with Gasteiger partial charge in [0.2, 0.25) is 0 Å². The summed E-state index contributed by atoms with van der Waals surface area (Å²) in [6.45, 7) is 8.25. The van der Waals surface area contributed by atoms with Crippen molar-refractivity contribution in [3.8, 4) is 0 Å². The van der Waals surface area contributed by atoms with Gasteiger partial charge < -0.3 is 4.74 Å². The predicted octanol–water partition coefficient (Wildman–Crippen LogP) is 4.04. The van der Waals surface area contributed by atoms with E-state index >= 15 is 0 Å². The first-order valence-corrected chi connectivity index (χ1v) is 7.90. The highest BCUT2D eigenvalue weighted by Crippen LogP contribution is 2.07. The molecular weight excluding hydrogens is 234 g/mol. The monoisotopic (exact) mass is 264 g/mol. The van der Waals surface area contributed by atoms with Crippen molar-refractivity contribution in [3.05, 3.63) is 29.6 Å². The Morgan fingerprint density at radius 3 is 2.37 bits per heavy atom. The van der Waals surface area contributed by atoms with Crippen LogP contribution < -0.4 is 4.57 Å². The van der Waals surface area contributed by atoms with Crippen LogP contribution in [0.3, 0.4) is 0 Å². The van der Waals surface area contributed by atoms with Crippen LogP contribution in [0.1, 0.15) is 64.0 Å². The van der Waals surface area contributed by atoms with Gasteiger partial charge in [-0.05, 0) is 24.8 Å². The lowest BCUT2D eigenvalue weighted by Gasteiger charge is -2.05. The smallest absolute Gasteiger partial charge is 0.252 e. The van der Waals surface area contributed by atoms with Crippen molar-refractivity contribution in [2.75, 3.05) is 6.61 Å². The average Bonchev–Trinajstić information content (AvgIpc) is 2.46. The summed E-state index contributed by atoms with van der Waals surface area (Å²) in [6, 6.07) is 2.23. The van der Waals surface area contributed by atoms with Crippen molar-refractivity contribution in [2.45, 2.75) is 72.4 Å². The Morgan fingerprint density at radius 1 is 0.947 bits per heavy atom. The van der Waals surface area contributed by atoms with Crippen molar-refractivity contribution >= 4 is 0 Å². The predicted molar refractivity (Wildman–Crippen MR) is 80.1 cm³/mol. The average molecular weight is 264 g/mol. The van der Waals surface area contributed by atoms with Crippen molar-refractivity contribution < 1.29 is 9.30 Å². The number of aromatic nitrogens is 1. The van der Waals surface area contributed by atoms with Crippen molar-refractivity contribution in [1.82, 2.24) is 0 Å². The molecular formula is C17H30NO+. The fourth-order valence-corrected chi connectivity index (χ4v) is 2.34. The molecule has 0 aliphatic heterocycles. The first-order valence-electron chi connectivity index (χ1n) is 7.90. The molecule has 1 aromatic rings. The Kier molecular flexibility index (Phi) is 8.48. The van der Waals surface area contributed by atoms with Crippen molar-refractivity contribution in [1.29, 1.82) is 0 Å². The molecule has 0 spiro atoms. The van der Waals surface area contributed by atoms with Crippen LogP contribution in [0.4, 0.5) is 0 Å². The first kappa shape index (κ1) is 16.2. The fraction of sp³-hybridized carbons (Fsp3) is 0.706. The largest absolute Gasteiger partial charge is 0.323 e. The van der Waals surface area contributed by atoms with E-state index in [4.69, 9.17) is 4.74 Å². The van der Waals surface area contributed by atoms with E-state index in [2.05, 4.69) is 43.8 Å². The highest BCUT2D eigenvalue weighted by molar-refractivity contribution is 5.20. The second-order valence-electron chi connectivity index (χ2n) is 5.17. The molecule has 2 heteroatoms. The molecule has 0 radical (unpaired) electrons. The summed E-state index contributed by atoms with van der Waals surface area (Å²) in [6.07, 6.45) is 13.1. The van der Waals surface area contributed by atoms with E-state index in [1.807, 2.05) is 0 Å². The van der Waals surface area contributed by atoms with Crippen LogP contribution in [0.15, 0.2) is 18.5 Å². The van der Waals surface area contributed by atoms with Gasteiger partial charge in [0.05, 0.1) is 6.61 Å². The maximum Gasteiger partial charge on any atom is 0.252 e. The van der Waals surface area contributed by atoms with Crippen LogP contribution in [0.2, 0.25) is 0 Å². The second kappa shape index (κ2) is 9.96. The lowest BCUT2D eigenvalue weighted by molar-refractivity contribution is -0.733. The minimum Gasteiger partial charge on any atom is -0.323 e. The summed E-state index contributed by atoms with van der Waals surface area (Å²) in [4.78, 5) is 0. The van der Waals surface area contributed by atoms with Gasteiger partial charge in [-0.1, -0.05) is 46.5 Å². The molecule has 0 amide bonds. The minimum atomic E-state index is 0.685. The number of ether oxygens (including phenoxy) is 1. The van der Waals surface area contributed by atoms with Gasteiger partial charge in [0.15, 0.2) is 12.4 Å². The van der Waals surface area contributed by atoms with Crippen molar-refractivity contribution in [2.24, 2.45) is 0 Å². The number of hydrogen-bond acceptors (Lipinski definition) is 1. The normalized spacial score (nSPS) is 10.9. The zero-order valence-corrected chi connectivity index (χ0v) is 13.0. The van der Waals surface area contributed by atoms with E-state index in [0.29, 0.717) is 6.73 Å². The third-order valence-electron chi connectivity index (χ3n) is 3.60.